The van der Waals surface area contributed by atoms with Crippen molar-refractivity contribution >= 4 is 11.6 Å². The second-order valence-corrected chi connectivity index (χ2v) is 3.65. The van der Waals surface area contributed by atoms with Crippen molar-refractivity contribution in [3.8, 4) is 0 Å². The molecule has 0 radical (unpaired) electrons. The summed E-state index contributed by atoms with van der Waals surface area (Å²) in [6, 6.07) is 0. The van der Waals surface area contributed by atoms with Gasteiger partial charge in [0.15, 0.2) is 0 Å². The molecule has 1 aliphatic rings. The molecule has 2 rings (SSSR count). The summed E-state index contributed by atoms with van der Waals surface area (Å²) in [4.78, 5) is 23.0. The Morgan fingerprint density at radius 3 is 2.86 bits per heavy atom. The van der Waals surface area contributed by atoms with Gasteiger partial charge in [-0.15, -0.1) is 11.6 Å². The highest BCUT2D eigenvalue weighted by Gasteiger charge is 2.20. The second kappa shape index (κ2) is 3.61. The quantitative estimate of drug-likeness (QED) is 0.677. The molecule has 0 saturated carbocycles. The van der Waals surface area contributed by atoms with Crippen molar-refractivity contribution in [2.24, 2.45) is 0 Å². The summed E-state index contributed by atoms with van der Waals surface area (Å²) in [5, 5.41) is 0. The number of nitrogens with zero attached hydrogens (tertiary/aromatic N) is 1. The van der Waals surface area contributed by atoms with Crippen LogP contribution in [-0.4, -0.2) is 10.4 Å². The van der Waals surface area contributed by atoms with Crippen LogP contribution in [0.25, 0.3) is 0 Å². The first-order valence-electron chi connectivity index (χ1n) is 4.55. The molecule has 14 heavy (non-hydrogen) atoms. The summed E-state index contributed by atoms with van der Waals surface area (Å²) in [7, 11) is 0. The molecule has 0 bridgehead atoms. The summed E-state index contributed by atoms with van der Waals surface area (Å²) < 4.78 is 6.10. The van der Waals surface area contributed by atoms with Gasteiger partial charge >= 0.3 is 5.76 Å². The monoisotopic (exact) mass is 215 g/mol. The summed E-state index contributed by atoms with van der Waals surface area (Å²) >= 11 is 5.49. The Balaban J connectivity index is 2.63. The molecule has 0 atom stereocenters. The van der Waals surface area contributed by atoms with E-state index in [4.69, 9.17) is 16.0 Å². The van der Waals surface area contributed by atoms with E-state index in [2.05, 4.69) is 0 Å². The van der Waals surface area contributed by atoms with Crippen molar-refractivity contribution in [3.63, 3.8) is 0 Å². The molecular weight excluding hydrogens is 206 g/mol. The molecule has 1 heterocycles. The van der Waals surface area contributed by atoms with Crippen molar-refractivity contribution in [2.75, 3.05) is 5.88 Å². The molecule has 0 spiro atoms. The van der Waals surface area contributed by atoms with Crippen LogP contribution in [0.4, 0.5) is 0 Å². The van der Waals surface area contributed by atoms with E-state index in [1.807, 2.05) is 0 Å². The smallest absolute Gasteiger partial charge is 0.414 e. The fraction of sp³-hybridized carbons (Fsp3) is 0.556. The minimum atomic E-state index is -0.587. The lowest BCUT2D eigenvalue weighted by atomic mass is 10.3. The maximum absolute atomic E-state index is 11.7. The molecule has 1 aromatic rings. The number of halogens is 1. The number of aryl methyl sites for hydroxylation is 1. The van der Waals surface area contributed by atoms with E-state index in [-0.39, 0.29) is 18.0 Å². The van der Waals surface area contributed by atoms with Gasteiger partial charge in [-0.05, 0) is 12.8 Å². The highest BCUT2D eigenvalue weighted by Crippen LogP contribution is 2.15. The maximum atomic E-state index is 11.7. The number of aromatic nitrogens is 1. The number of fused-ring (bicyclic) bond motifs is 1. The first-order valence-corrected chi connectivity index (χ1v) is 5.09. The first kappa shape index (κ1) is 9.52. The third kappa shape index (κ3) is 1.39. The third-order valence-electron chi connectivity index (χ3n) is 2.41. The van der Waals surface area contributed by atoms with Gasteiger partial charge in [-0.3, -0.25) is 4.79 Å². The van der Waals surface area contributed by atoms with E-state index in [9.17, 15) is 9.59 Å². The van der Waals surface area contributed by atoms with Crippen LogP contribution in [0.15, 0.2) is 14.0 Å². The van der Waals surface area contributed by atoms with E-state index in [0.717, 1.165) is 11.0 Å². The molecular formula is C9H10ClNO3. The minimum Gasteiger partial charge on any atom is -0.414 e. The first-order chi connectivity index (χ1) is 6.74. The largest absolute Gasteiger partial charge is 0.421 e. The fourth-order valence-electron chi connectivity index (χ4n) is 1.74. The predicted octanol–water partition coefficient (Wildman–Crippen LogP) is 0.529. The Bertz CT molecular complexity index is 460. The van der Waals surface area contributed by atoms with Gasteiger partial charge in [-0.2, -0.15) is 0 Å². The van der Waals surface area contributed by atoms with Crippen molar-refractivity contribution in [1.29, 1.82) is 0 Å². The van der Waals surface area contributed by atoms with Gasteiger partial charge in [0.05, 0.1) is 5.56 Å². The zero-order chi connectivity index (χ0) is 10.1. The lowest BCUT2D eigenvalue weighted by Gasteiger charge is -2.02. The standard InChI is InChI=1S/C9H10ClNO3/c10-4-5-11-8(12)6-2-1-3-7(6)14-9(11)13/h1-5H2. The van der Waals surface area contributed by atoms with Crippen LogP contribution >= 0.6 is 11.6 Å². The van der Waals surface area contributed by atoms with E-state index in [1.54, 1.807) is 0 Å². The minimum absolute atomic E-state index is 0.218. The summed E-state index contributed by atoms with van der Waals surface area (Å²) in [6.07, 6.45) is 2.29. The Morgan fingerprint density at radius 2 is 2.14 bits per heavy atom. The van der Waals surface area contributed by atoms with Crippen molar-refractivity contribution in [3.05, 3.63) is 32.2 Å². The van der Waals surface area contributed by atoms with Gasteiger partial charge in [0.2, 0.25) is 0 Å². The van der Waals surface area contributed by atoms with E-state index in [0.29, 0.717) is 24.2 Å². The number of alkyl halides is 1. The zero-order valence-corrected chi connectivity index (χ0v) is 8.34. The molecule has 1 aromatic heterocycles. The van der Waals surface area contributed by atoms with Gasteiger partial charge in [0.25, 0.3) is 5.56 Å². The van der Waals surface area contributed by atoms with Crippen LogP contribution in [-0.2, 0) is 19.4 Å². The summed E-state index contributed by atoms with van der Waals surface area (Å²) in [6.45, 7) is 0.218. The van der Waals surface area contributed by atoms with Gasteiger partial charge < -0.3 is 4.42 Å². The average Bonchev–Trinajstić information content (AvgIpc) is 2.60. The summed E-state index contributed by atoms with van der Waals surface area (Å²) in [5.41, 5.74) is 0.420. The van der Waals surface area contributed by atoms with Crippen LogP contribution in [0.2, 0.25) is 0 Å². The van der Waals surface area contributed by atoms with E-state index < -0.39 is 5.76 Å². The third-order valence-corrected chi connectivity index (χ3v) is 2.58. The predicted molar refractivity (Wildman–Crippen MR) is 52.0 cm³/mol. The molecule has 0 saturated heterocycles. The van der Waals surface area contributed by atoms with Gasteiger partial charge in [0.1, 0.15) is 5.76 Å². The molecule has 0 aliphatic heterocycles. The van der Waals surface area contributed by atoms with Gasteiger partial charge in [-0.1, -0.05) is 0 Å². The van der Waals surface area contributed by atoms with Crippen molar-refractivity contribution in [1.82, 2.24) is 4.57 Å². The molecule has 4 nitrogen and oxygen atoms in total. The van der Waals surface area contributed by atoms with Crippen LogP contribution in [0.5, 0.6) is 0 Å². The Morgan fingerprint density at radius 1 is 1.36 bits per heavy atom. The molecule has 0 N–H and O–H groups in total. The number of rotatable bonds is 2. The van der Waals surface area contributed by atoms with Gasteiger partial charge in [-0.25, -0.2) is 9.36 Å². The van der Waals surface area contributed by atoms with Crippen molar-refractivity contribution < 1.29 is 4.42 Å². The molecule has 0 amide bonds. The second-order valence-electron chi connectivity index (χ2n) is 3.27. The lowest BCUT2D eigenvalue weighted by molar-refractivity contribution is 0.396. The topological polar surface area (TPSA) is 52.2 Å². The SMILES string of the molecule is O=c1oc2c(c(=O)n1CCCl)CCC2. The highest BCUT2D eigenvalue weighted by molar-refractivity contribution is 6.17. The van der Waals surface area contributed by atoms with E-state index in [1.165, 1.54) is 0 Å². The Kier molecular flexibility index (Phi) is 2.46. The van der Waals surface area contributed by atoms with Crippen molar-refractivity contribution in [2.45, 2.75) is 25.8 Å². The van der Waals surface area contributed by atoms with E-state index >= 15 is 0 Å². The number of hydrogen-bond donors (Lipinski definition) is 0. The zero-order valence-electron chi connectivity index (χ0n) is 7.59. The fourth-order valence-corrected chi connectivity index (χ4v) is 1.91. The number of hydrogen-bond acceptors (Lipinski definition) is 3. The average molecular weight is 216 g/mol. The molecule has 0 aromatic carbocycles. The molecule has 5 heteroatoms. The highest BCUT2D eigenvalue weighted by atomic mass is 35.5. The molecule has 1 aliphatic carbocycles. The van der Waals surface area contributed by atoms with Crippen LogP contribution in [0, 0.1) is 0 Å². The van der Waals surface area contributed by atoms with Crippen LogP contribution < -0.4 is 11.3 Å². The summed E-state index contributed by atoms with van der Waals surface area (Å²) in [5.74, 6) is 0.214. The Hall–Kier alpha value is -1.03. The lowest BCUT2D eigenvalue weighted by Crippen LogP contribution is -2.35. The maximum Gasteiger partial charge on any atom is 0.421 e. The molecule has 76 valence electrons. The normalized spacial score (nSPS) is 14.4. The van der Waals surface area contributed by atoms with Crippen LogP contribution in [0.3, 0.4) is 0 Å². The van der Waals surface area contributed by atoms with Crippen LogP contribution in [0.1, 0.15) is 17.7 Å². The Labute approximate surface area is 85.1 Å². The van der Waals surface area contributed by atoms with Gasteiger partial charge in [0, 0.05) is 18.8 Å². The molecule has 0 fully saturated rings. The molecule has 0 unspecified atom stereocenters.